The van der Waals surface area contributed by atoms with Gasteiger partial charge < -0.3 is 9.26 Å². The van der Waals surface area contributed by atoms with Crippen molar-refractivity contribution >= 4 is 11.6 Å². The maximum atomic E-state index is 6.06. The Hall–Kier alpha value is -2.28. The molecule has 140 valence electrons. The molecule has 3 heterocycles. The van der Waals surface area contributed by atoms with E-state index in [1.807, 2.05) is 42.6 Å². The molecule has 0 spiro atoms. The van der Waals surface area contributed by atoms with Crippen molar-refractivity contribution in [2.75, 3.05) is 13.1 Å². The van der Waals surface area contributed by atoms with E-state index in [4.69, 9.17) is 20.9 Å². The number of hydrogen-bond donors (Lipinski definition) is 0. The van der Waals surface area contributed by atoms with Gasteiger partial charge in [0.1, 0.15) is 0 Å². The third kappa shape index (κ3) is 4.91. The maximum absolute atomic E-state index is 6.06. The highest BCUT2D eigenvalue weighted by atomic mass is 35.5. The van der Waals surface area contributed by atoms with Gasteiger partial charge in [0.05, 0.1) is 19.3 Å². The van der Waals surface area contributed by atoms with Crippen LogP contribution in [0.1, 0.15) is 24.3 Å². The Morgan fingerprint density at radius 1 is 1.22 bits per heavy atom. The number of aromatic nitrogens is 3. The van der Waals surface area contributed by atoms with Gasteiger partial charge in [-0.1, -0.05) is 22.8 Å². The Balaban J connectivity index is 1.32. The third-order valence-electron chi connectivity index (χ3n) is 4.60. The molecule has 1 aromatic carbocycles. The second-order valence-corrected chi connectivity index (χ2v) is 7.13. The van der Waals surface area contributed by atoms with Gasteiger partial charge in [-0.05, 0) is 55.3 Å². The van der Waals surface area contributed by atoms with E-state index in [9.17, 15) is 0 Å². The van der Waals surface area contributed by atoms with E-state index in [0.717, 1.165) is 37.1 Å². The average Bonchev–Trinajstić information content (AvgIpc) is 3.16. The Morgan fingerprint density at radius 2 is 2.11 bits per heavy atom. The number of nitrogens with zero attached hydrogens (tertiary/aromatic N) is 4. The summed E-state index contributed by atoms with van der Waals surface area (Å²) in [6, 6.07) is 11.4. The summed E-state index contributed by atoms with van der Waals surface area (Å²) in [4.78, 5) is 10.9. The van der Waals surface area contributed by atoms with Crippen LogP contribution in [0.4, 0.5) is 0 Å². The number of piperidine rings is 1. The van der Waals surface area contributed by atoms with Gasteiger partial charge in [-0.25, -0.2) is 0 Å². The van der Waals surface area contributed by atoms with Crippen LogP contribution < -0.4 is 0 Å². The highest BCUT2D eigenvalue weighted by Crippen LogP contribution is 2.21. The molecule has 1 fully saturated rings. The molecule has 4 rings (SSSR count). The Kier molecular flexibility index (Phi) is 5.77. The number of ether oxygens (including phenoxy) is 1. The monoisotopic (exact) mass is 384 g/mol. The van der Waals surface area contributed by atoms with Crippen LogP contribution in [0.5, 0.6) is 0 Å². The fraction of sp³-hybridized carbons (Fsp3) is 0.350. The minimum atomic E-state index is 0.206. The maximum Gasteiger partial charge on any atom is 0.241 e. The molecule has 1 unspecified atom stereocenters. The minimum Gasteiger partial charge on any atom is -0.372 e. The number of hydrogen-bond acceptors (Lipinski definition) is 6. The molecule has 0 saturated carbocycles. The van der Waals surface area contributed by atoms with Gasteiger partial charge in [0.2, 0.25) is 11.7 Å². The molecule has 0 N–H and O–H groups in total. The first-order chi connectivity index (χ1) is 13.3. The summed E-state index contributed by atoms with van der Waals surface area (Å²) in [6.45, 7) is 3.09. The predicted molar refractivity (Wildman–Crippen MR) is 102 cm³/mol. The summed E-state index contributed by atoms with van der Waals surface area (Å²) in [7, 11) is 0. The lowest BCUT2D eigenvalue weighted by atomic mass is 10.1. The topological polar surface area (TPSA) is 64.3 Å². The van der Waals surface area contributed by atoms with E-state index in [-0.39, 0.29) is 6.10 Å². The minimum absolute atomic E-state index is 0.206. The zero-order valence-electron chi connectivity index (χ0n) is 14.9. The summed E-state index contributed by atoms with van der Waals surface area (Å²) in [6.07, 6.45) is 5.98. The largest absolute Gasteiger partial charge is 0.372 e. The Morgan fingerprint density at radius 3 is 2.93 bits per heavy atom. The molecule has 1 atom stereocenters. The van der Waals surface area contributed by atoms with E-state index in [2.05, 4.69) is 20.0 Å². The van der Waals surface area contributed by atoms with Crippen molar-refractivity contribution in [1.82, 2.24) is 20.0 Å². The molecule has 1 aliphatic rings. The van der Waals surface area contributed by atoms with Crippen molar-refractivity contribution in [2.24, 2.45) is 0 Å². The summed E-state index contributed by atoms with van der Waals surface area (Å²) in [5.74, 6) is 1.20. The van der Waals surface area contributed by atoms with Gasteiger partial charge in [0.25, 0.3) is 0 Å². The molecule has 2 aromatic heterocycles. The van der Waals surface area contributed by atoms with Crippen LogP contribution in [0, 0.1) is 0 Å². The number of rotatable bonds is 6. The summed E-state index contributed by atoms with van der Waals surface area (Å²) >= 11 is 5.93. The van der Waals surface area contributed by atoms with Crippen LogP contribution in [-0.2, 0) is 17.9 Å². The first kappa shape index (κ1) is 18.1. The molecule has 1 saturated heterocycles. The van der Waals surface area contributed by atoms with Gasteiger partial charge in [0.15, 0.2) is 0 Å². The molecule has 27 heavy (non-hydrogen) atoms. The Bertz CT molecular complexity index is 854. The van der Waals surface area contributed by atoms with Crippen molar-refractivity contribution < 1.29 is 9.26 Å². The van der Waals surface area contributed by atoms with Crippen LogP contribution in [0.2, 0.25) is 5.02 Å². The lowest BCUT2D eigenvalue weighted by molar-refractivity contribution is -0.0142. The zero-order chi connectivity index (χ0) is 18.5. The number of halogens is 1. The third-order valence-corrected chi connectivity index (χ3v) is 4.85. The van der Waals surface area contributed by atoms with Crippen LogP contribution in [0.3, 0.4) is 0 Å². The number of likely N-dealkylation sites (tertiary alicyclic amines) is 1. The van der Waals surface area contributed by atoms with Crippen molar-refractivity contribution in [1.29, 1.82) is 0 Å². The molecule has 7 heteroatoms. The molecule has 0 aliphatic carbocycles. The van der Waals surface area contributed by atoms with Crippen molar-refractivity contribution in [2.45, 2.75) is 32.1 Å². The van der Waals surface area contributed by atoms with Crippen LogP contribution in [0.25, 0.3) is 11.4 Å². The van der Waals surface area contributed by atoms with Crippen LogP contribution in [-0.4, -0.2) is 39.2 Å². The molecule has 0 radical (unpaired) electrons. The standard InChI is InChI=1S/C20H21ClN4O2/c21-17-7-5-16(6-8-17)20-23-19(27-24-20)13-25-10-2-4-18(12-25)26-14-15-3-1-9-22-11-15/h1,3,5-9,11,18H,2,4,10,12-14H2. The second-order valence-electron chi connectivity index (χ2n) is 6.69. The highest BCUT2D eigenvalue weighted by Gasteiger charge is 2.22. The first-order valence-corrected chi connectivity index (χ1v) is 9.45. The normalized spacial score (nSPS) is 17.9. The summed E-state index contributed by atoms with van der Waals surface area (Å²) in [5, 5.41) is 4.77. The van der Waals surface area contributed by atoms with Gasteiger partial charge in [-0.15, -0.1) is 0 Å². The van der Waals surface area contributed by atoms with Gasteiger partial charge in [0, 0.05) is 29.5 Å². The predicted octanol–water partition coefficient (Wildman–Crippen LogP) is 3.97. The number of pyridine rings is 1. The number of benzene rings is 1. The molecule has 0 bridgehead atoms. The SMILES string of the molecule is Clc1ccc(-c2noc(CN3CCCC(OCc4cccnc4)C3)n2)cc1. The highest BCUT2D eigenvalue weighted by molar-refractivity contribution is 6.30. The first-order valence-electron chi connectivity index (χ1n) is 9.07. The summed E-state index contributed by atoms with van der Waals surface area (Å²) in [5.41, 5.74) is 1.99. The van der Waals surface area contributed by atoms with E-state index in [1.54, 1.807) is 6.20 Å². The van der Waals surface area contributed by atoms with E-state index >= 15 is 0 Å². The molecule has 6 nitrogen and oxygen atoms in total. The molecule has 0 amide bonds. The van der Waals surface area contributed by atoms with Crippen molar-refractivity contribution in [3.05, 3.63) is 65.3 Å². The fourth-order valence-corrected chi connectivity index (χ4v) is 3.34. The molecule has 3 aromatic rings. The smallest absolute Gasteiger partial charge is 0.241 e. The van der Waals surface area contributed by atoms with Crippen LogP contribution >= 0.6 is 11.6 Å². The molecular formula is C20H21ClN4O2. The van der Waals surface area contributed by atoms with E-state index in [1.165, 1.54) is 0 Å². The van der Waals surface area contributed by atoms with Crippen molar-refractivity contribution in [3.8, 4) is 11.4 Å². The van der Waals surface area contributed by atoms with E-state index in [0.29, 0.717) is 29.9 Å². The lowest BCUT2D eigenvalue weighted by Crippen LogP contribution is -2.39. The van der Waals surface area contributed by atoms with Gasteiger partial charge in [-0.2, -0.15) is 4.98 Å². The molecular weight excluding hydrogens is 364 g/mol. The van der Waals surface area contributed by atoms with Crippen molar-refractivity contribution in [3.63, 3.8) is 0 Å². The summed E-state index contributed by atoms with van der Waals surface area (Å²) < 4.78 is 11.5. The second kappa shape index (κ2) is 8.61. The Labute approximate surface area is 163 Å². The van der Waals surface area contributed by atoms with Crippen LogP contribution in [0.15, 0.2) is 53.3 Å². The van der Waals surface area contributed by atoms with E-state index < -0.39 is 0 Å². The fourth-order valence-electron chi connectivity index (χ4n) is 3.22. The van der Waals surface area contributed by atoms with Gasteiger partial charge >= 0.3 is 0 Å². The average molecular weight is 385 g/mol. The quantitative estimate of drug-likeness (QED) is 0.640. The zero-order valence-corrected chi connectivity index (χ0v) is 15.7. The molecule has 1 aliphatic heterocycles. The van der Waals surface area contributed by atoms with Gasteiger partial charge in [-0.3, -0.25) is 9.88 Å². The lowest BCUT2D eigenvalue weighted by Gasteiger charge is -2.31.